The number of rotatable bonds is 2. The maximum absolute atomic E-state index is 12.8. The lowest BCUT2D eigenvalue weighted by molar-refractivity contribution is -0.0589. The zero-order valence-corrected chi connectivity index (χ0v) is 17.8. The standard InChI is InChI=1S/C21H22N4O6/c1-20(2,3)30-19(29)24-10-13-14(22-23-15(13)21(24,4)5)18(28)31-25-16(26)11-8-6-7-9-12(11)17(25)27/h6-9H,10H2,1-5H3,(H,22,23). The minimum atomic E-state index is -0.978. The highest BCUT2D eigenvalue weighted by atomic mass is 16.7. The Morgan fingerprint density at radius 1 is 1.10 bits per heavy atom. The first kappa shape index (κ1) is 20.6. The van der Waals surface area contributed by atoms with Gasteiger partial charge in [0, 0.05) is 5.56 Å². The predicted molar refractivity (Wildman–Crippen MR) is 106 cm³/mol. The molecule has 0 spiro atoms. The number of amides is 3. The van der Waals surface area contributed by atoms with E-state index < -0.39 is 35.0 Å². The van der Waals surface area contributed by atoms with E-state index in [0.29, 0.717) is 16.3 Å². The van der Waals surface area contributed by atoms with Crippen molar-refractivity contribution in [2.24, 2.45) is 0 Å². The SMILES string of the molecule is CC(C)(C)OC(=O)N1Cc2c(C(=O)ON3C(=O)c4ccccc4C3=O)n[nH]c2C1(C)C. The van der Waals surface area contributed by atoms with Gasteiger partial charge in [-0.15, -0.1) is 0 Å². The Morgan fingerprint density at radius 3 is 2.23 bits per heavy atom. The molecule has 4 rings (SSSR count). The lowest BCUT2D eigenvalue weighted by atomic mass is 10.0. The zero-order chi connectivity index (χ0) is 22.7. The molecule has 2 aliphatic heterocycles. The van der Waals surface area contributed by atoms with E-state index in [0.717, 1.165) is 0 Å². The summed E-state index contributed by atoms with van der Waals surface area (Å²) in [7, 11) is 0. The van der Waals surface area contributed by atoms with Crippen LogP contribution in [0.5, 0.6) is 0 Å². The van der Waals surface area contributed by atoms with Gasteiger partial charge < -0.3 is 9.57 Å². The molecule has 0 unspecified atom stereocenters. The van der Waals surface area contributed by atoms with Crippen molar-refractivity contribution in [3.8, 4) is 0 Å². The molecule has 31 heavy (non-hydrogen) atoms. The average molecular weight is 426 g/mol. The van der Waals surface area contributed by atoms with E-state index in [-0.39, 0.29) is 23.4 Å². The van der Waals surface area contributed by atoms with Crippen molar-refractivity contribution in [3.05, 3.63) is 52.3 Å². The van der Waals surface area contributed by atoms with Crippen LogP contribution in [0.2, 0.25) is 0 Å². The normalized spacial score (nSPS) is 16.9. The topological polar surface area (TPSA) is 122 Å². The Hall–Kier alpha value is -3.69. The molecule has 0 fully saturated rings. The summed E-state index contributed by atoms with van der Waals surface area (Å²) >= 11 is 0. The van der Waals surface area contributed by atoms with Crippen molar-refractivity contribution in [2.75, 3.05) is 0 Å². The fourth-order valence-electron chi connectivity index (χ4n) is 3.67. The van der Waals surface area contributed by atoms with Gasteiger partial charge in [-0.25, -0.2) is 9.59 Å². The number of carbonyl (C=O) groups is 4. The van der Waals surface area contributed by atoms with Gasteiger partial charge in [-0.05, 0) is 46.8 Å². The van der Waals surface area contributed by atoms with Crippen molar-refractivity contribution >= 4 is 23.9 Å². The third-order valence-corrected chi connectivity index (χ3v) is 5.21. The minimum Gasteiger partial charge on any atom is -0.444 e. The molecule has 3 heterocycles. The number of nitrogens with zero attached hydrogens (tertiary/aromatic N) is 3. The van der Waals surface area contributed by atoms with Gasteiger partial charge in [0.1, 0.15) is 5.60 Å². The third kappa shape index (κ3) is 3.24. The average Bonchev–Trinajstić information content (AvgIpc) is 3.28. The maximum Gasteiger partial charge on any atom is 0.411 e. The monoisotopic (exact) mass is 426 g/mol. The molecule has 10 heteroatoms. The molecule has 1 N–H and O–H groups in total. The van der Waals surface area contributed by atoms with Crippen LogP contribution in [0, 0.1) is 0 Å². The smallest absolute Gasteiger partial charge is 0.411 e. The predicted octanol–water partition coefficient (Wildman–Crippen LogP) is 2.76. The van der Waals surface area contributed by atoms with Gasteiger partial charge in [0.2, 0.25) is 0 Å². The largest absolute Gasteiger partial charge is 0.444 e. The number of fused-ring (bicyclic) bond motifs is 2. The summed E-state index contributed by atoms with van der Waals surface area (Å²) in [6.45, 7) is 8.93. The van der Waals surface area contributed by atoms with Crippen molar-refractivity contribution in [2.45, 2.75) is 52.3 Å². The Kier molecular flexibility index (Phi) is 4.42. The molecule has 10 nitrogen and oxygen atoms in total. The van der Waals surface area contributed by atoms with E-state index in [9.17, 15) is 19.2 Å². The number of aromatic nitrogens is 2. The van der Waals surface area contributed by atoms with Crippen molar-refractivity contribution in [3.63, 3.8) is 0 Å². The Labute approximate surface area is 178 Å². The van der Waals surface area contributed by atoms with Crippen LogP contribution in [-0.2, 0) is 21.7 Å². The fraction of sp³-hybridized carbons (Fsp3) is 0.381. The summed E-state index contributed by atoms with van der Waals surface area (Å²) in [6.07, 6.45) is -0.540. The number of nitrogens with one attached hydrogen (secondary N) is 1. The molecule has 0 bridgehead atoms. The molecule has 0 saturated heterocycles. The van der Waals surface area contributed by atoms with Crippen molar-refractivity contribution < 1.29 is 28.8 Å². The number of benzene rings is 1. The van der Waals surface area contributed by atoms with Crippen LogP contribution in [-0.4, -0.2) is 49.6 Å². The first-order chi connectivity index (χ1) is 14.4. The van der Waals surface area contributed by atoms with E-state index in [4.69, 9.17) is 9.57 Å². The Bertz CT molecular complexity index is 1090. The molecule has 2 aliphatic rings. The maximum atomic E-state index is 12.8. The summed E-state index contributed by atoms with van der Waals surface area (Å²) in [6, 6.07) is 6.19. The summed E-state index contributed by atoms with van der Waals surface area (Å²) in [5.74, 6) is -2.43. The summed E-state index contributed by atoms with van der Waals surface area (Å²) < 4.78 is 5.47. The van der Waals surface area contributed by atoms with Gasteiger partial charge in [0.15, 0.2) is 5.69 Å². The second kappa shape index (κ2) is 6.66. The number of carbonyl (C=O) groups excluding carboxylic acids is 4. The molecule has 3 amide bonds. The second-order valence-corrected chi connectivity index (χ2v) is 8.88. The first-order valence-corrected chi connectivity index (χ1v) is 9.70. The van der Waals surface area contributed by atoms with E-state index >= 15 is 0 Å². The summed E-state index contributed by atoms with van der Waals surface area (Å²) in [5, 5.41) is 7.23. The molecule has 0 atom stereocenters. The number of hydrogen-bond donors (Lipinski definition) is 1. The number of ether oxygens (including phenoxy) is 1. The minimum absolute atomic E-state index is 0.0559. The van der Waals surface area contributed by atoms with Gasteiger partial charge in [-0.3, -0.25) is 19.6 Å². The van der Waals surface area contributed by atoms with Gasteiger partial charge in [0.25, 0.3) is 11.8 Å². The quantitative estimate of drug-likeness (QED) is 0.733. The molecule has 0 saturated carbocycles. The van der Waals surface area contributed by atoms with Crippen molar-refractivity contribution in [1.82, 2.24) is 20.2 Å². The van der Waals surface area contributed by atoms with Gasteiger partial charge in [-0.2, -0.15) is 5.10 Å². The van der Waals surface area contributed by atoms with Crippen molar-refractivity contribution in [1.29, 1.82) is 0 Å². The highest BCUT2D eigenvalue weighted by Crippen LogP contribution is 2.40. The van der Waals surface area contributed by atoms with Gasteiger partial charge in [-0.1, -0.05) is 17.2 Å². The van der Waals surface area contributed by atoms with Crippen LogP contribution in [0.15, 0.2) is 24.3 Å². The molecule has 1 aromatic heterocycles. The summed E-state index contributed by atoms with van der Waals surface area (Å²) in [5.41, 5.74) is -0.307. The highest BCUT2D eigenvalue weighted by Gasteiger charge is 2.47. The second-order valence-electron chi connectivity index (χ2n) is 8.88. The first-order valence-electron chi connectivity index (χ1n) is 9.70. The molecule has 0 radical (unpaired) electrons. The lowest BCUT2D eigenvalue weighted by Crippen LogP contribution is -2.43. The van der Waals surface area contributed by atoms with E-state index in [1.165, 1.54) is 17.0 Å². The molecule has 162 valence electrons. The number of hydrogen-bond acceptors (Lipinski definition) is 7. The number of aromatic amines is 1. The van der Waals surface area contributed by atoms with Crippen LogP contribution >= 0.6 is 0 Å². The van der Waals surface area contributed by atoms with E-state index in [1.54, 1.807) is 46.8 Å². The molecule has 0 aliphatic carbocycles. The van der Waals surface area contributed by atoms with Gasteiger partial charge >= 0.3 is 12.1 Å². The fourth-order valence-corrected chi connectivity index (χ4v) is 3.67. The number of hydroxylamine groups is 2. The Balaban J connectivity index is 1.57. The zero-order valence-electron chi connectivity index (χ0n) is 17.8. The van der Waals surface area contributed by atoms with E-state index in [2.05, 4.69) is 10.2 Å². The molecule has 2 aromatic rings. The van der Waals surface area contributed by atoms with Crippen LogP contribution in [0.25, 0.3) is 0 Å². The van der Waals surface area contributed by atoms with Crippen LogP contribution in [0.3, 0.4) is 0 Å². The van der Waals surface area contributed by atoms with Crippen LogP contribution in [0.4, 0.5) is 4.79 Å². The Morgan fingerprint density at radius 2 is 1.68 bits per heavy atom. The van der Waals surface area contributed by atoms with E-state index in [1.807, 2.05) is 0 Å². The number of H-pyrrole nitrogens is 1. The molecular weight excluding hydrogens is 404 g/mol. The summed E-state index contributed by atoms with van der Waals surface area (Å²) in [4.78, 5) is 57.0. The van der Waals surface area contributed by atoms with Crippen LogP contribution < -0.4 is 0 Å². The molecule has 1 aromatic carbocycles. The highest BCUT2D eigenvalue weighted by molar-refractivity contribution is 6.21. The molecular formula is C21H22N4O6. The number of imide groups is 1. The third-order valence-electron chi connectivity index (χ3n) is 5.21. The van der Waals surface area contributed by atoms with Gasteiger partial charge in [0.05, 0.1) is 28.9 Å². The van der Waals surface area contributed by atoms with Crippen LogP contribution in [0.1, 0.15) is 77.1 Å². The lowest BCUT2D eigenvalue weighted by Gasteiger charge is -2.33.